The Balaban J connectivity index is 0.00000242. The summed E-state index contributed by atoms with van der Waals surface area (Å²) in [7, 11) is 0. The molecule has 5 nitrogen and oxygen atoms in total. The minimum absolute atomic E-state index is 0. The minimum atomic E-state index is -0.271. The maximum Gasteiger partial charge on any atom is 0.249 e. The van der Waals surface area contributed by atoms with Crippen LogP contribution in [-0.4, -0.2) is 55.7 Å². The van der Waals surface area contributed by atoms with Crippen LogP contribution >= 0.6 is 24.8 Å². The molecule has 2 aliphatic rings. The van der Waals surface area contributed by atoms with E-state index in [2.05, 4.69) is 10.2 Å². The van der Waals surface area contributed by atoms with Crippen LogP contribution < -0.4 is 11.1 Å². The topological polar surface area (TPSA) is 67.6 Å². The number of nitrogens with one attached hydrogen (secondary N) is 1. The lowest BCUT2D eigenvalue weighted by atomic mass is 10.1. The molecule has 138 valence electrons. The number of hydrogen-bond acceptors (Lipinski definition) is 4. The van der Waals surface area contributed by atoms with E-state index in [4.69, 9.17) is 10.5 Å². The molecule has 2 rings (SSSR count). The highest BCUT2D eigenvalue weighted by molar-refractivity contribution is 5.85. The first-order valence-corrected chi connectivity index (χ1v) is 8.65. The van der Waals surface area contributed by atoms with E-state index in [1.165, 1.54) is 51.7 Å². The van der Waals surface area contributed by atoms with Crippen molar-refractivity contribution in [3.8, 4) is 0 Å². The molecule has 0 radical (unpaired) electrons. The largest absolute Gasteiger partial charge is 0.364 e. The Labute approximate surface area is 152 Å². The van der Waals surface area contributed by atoms with Gasteiger partial charge in [-0.25, -0.2) is 0 Å². The van der Waals surface area contributed by atoms with Crippen molar-refractivity contribution in [2.24, 2.45) is 5.73 Å². The van der Waals surface area contributed by atoms with E-state index in [1.807, 2.05) is 0 Å². The molecule has 0 saturated carbocycles. The molecule has 1 amide bonds. The molecule has 2 fully saturated rings. The Morgan fingerprint density at radius 2 is 1.83 bits per heavy atom. The first kappa shape index (κ1) is 22.9. The number of amides is 1. The van der Waals surface area contributed by atoms with Crippen molar-refractivity contribution < 1.29 is 9.53 Å². The average molecular weight is 370 g/mol. The molecule has 3 N–H and O–H groups in total. The fraction of sp³-hybridized carbons (Fsp3) is 0.938. The third-order valence-electron chi connectivity index (χ3n) is 4.56. The van der Waals surface area contributed by atoms with Crippen LogP contribution in [0.4, 0.5) is 0 Å². The second-order valence-electron chi connectivity index (χ2n) is 6.31. The second-order valence-corrected chi connectivity index (χ2v) is 6.31. The highest BCUT2D eigenvalue weighted by Gasteiger charge is 2.29. The molecule has 0 unspecified atom stereocenters. The molecule has 0 bridgehead atoms. The molecule has 2 atom stereocenters. The van der Waals surface area contributed by atoms with Crippen molar-refractivity contribution in [2.75, 3.05) is 32.7 Å². The Morgan fingerprint density at radius 3 is 2.48 bits per heavy atom. The van der Waals surface area contributed by atoms with Crippen molar-refractivity contribution >= 4 is 30.7 Å². The van der Waals surface area contributed by atoms with E-state index < -0.39 is 0 Å². The Bertz CT molecular complexity index is 316. The molecule has 0 aromatic heterocycles. The van der Waals surface area contributed by atoms with Gasteiger partial charge in [0, 0.05) is 13.1 Å². The number of rotatable bonds is 8. The van der Waals surface area contributed by atoms with Crippen LogP contribution in [0, 0.1) is 0 Å². The number of likely N-dealkylation sites (tertiary alicyclic amines) is 1. The maximum absolute atomic E-state index is 11.9. The fourth-order valence-electron chi connectivity index (χ4n) is 3.22. The van der Waals surface area contributed by atoms with Crippen molar-refractivity contribution in [2.45, 2.75) is 63.6 Å². The summed E-state index contributed by atoms with van der Waals surface area (Å²) in [4.78, 5) is 14.5. The molecule has 0 aliphatic carbocycles. The van der Waals surface area contributed by atoms with Crippen LogP contribution in [-0.2, 0) is 9.53 Å². The first-order chi connectivity index (χ1) is 10.3. The summed E-state index contributed by atoms with van der Waals surface area (Å²) in [6.45, 7) is 5.06. The number of carbonyl (C=O) groups excluding carboxylic acids is 1. The van der Waals surface area contributed by atoms with Crippen molar-refractivity contribution in [1.82, 2.24) is 10.2 Å². The summed E-state index contributed by atoms with van der Waals surface area (Å²) >= 11 is 0. The number of unbranched alkanes of at least 4 members (excludes halogenated alkanes) is 2. The lowest BCUT2D eigenvalue weighted by molar-refractivity contribution is -0.131. The highest BCUT2D eigenvalue weighted by Crippen LogP contribution is 2.18. The zero-order chi connectivity index (χ0) is 14.9. The van der Waals surface area contributed by atoms with E-state index in [0.717, 1.165) is 25.8 Å². The Kier molecular flexibility index (Phi) is 13.2. The van der Waals surface area contributed by atoms with Crippen LogP contribution in [0.5, 0.6) is 0 Å². The molecule has 0 aromatic rings. The monoisotopic (exact) mass is 369 g/mol. The summed E-state index contributed by atoms with van der Waals surface area (Å²) in [5.74, 6) is 0.0435. The van der Waals surface area contributed by atoms with Gasteiger partial charge >= 0.3 is 0 Å². The number of hydrogen-bond donors (Lipinski definition) is 2. The predicted octanol–water partition coefficient (Wildman–Crippen LogP) is 2.11. The summed E-state index contributed by atoms with van der Waals surface area (Å²) in [6, 6.07) is 0. The summed E-state index contributed by atoms with van der Waals surface area (Å²) < 4.78 is 5.59. The van der Waals surface area contributed by atoms with Crippen LogP contribution in [0.3, 0.4) is 0 Å². The van der Waals surface area contributed by atoms with Crippen LogP contribution in [0.25, 0.3) is 0 Å². The molecular formula is C16H33Cl2N3O2. The number of halogens is 2. The van der Waals surface area contributed by atoms with Crippen molar-refractivity contribution in [1.29, 1.82) is 0 Å². The number of nitrogens with zero attached hydrogens (tertiary/aromatic N) is 1. The summed E-state index contributed by atoms with van der Waals surface area (Å²) in [5, 5.41) is 2.99. The lowest BCUT2D eigenvalue weighted by Crippen LogP contribution is -2.36. The summed E-state index contributed by atoms with van der Waals surface area (Å²) in [6.07, 6.45) is 9.13. The lowest BCUT2D eigenvalue weighted by Gasteiger charge is -2.26. The Morgan fingerprint density at radius 1 is 1.09 bits per heavy atom. The zero-order valence-electron chi connectivity index (χ0n) is 14.0. The fourth-order valence-corrected chi connectivity index (χ4v) is 3.22. The smallest absolute Gasteiger partial charge is 0.249 e. The predicted molar refractivity (Wildman–Crippen MR) is 98.6 cm³/mol. The van der Waals surface area contributed by atoms with Gasteiger partial charge in [-0.1, -0.05) is 12.8 Å². The van der Waals surface area contributed by atoms with E-state index in [0.29, 0.717) is 6.54 Å². The SMILES string of the molecule is Cl.Cl.NC[C@H]1CC[C@@H](C(=O)NCCCCCN2CCCCC2)O1. The van der Waals surface area contributed by atoms with Gasteiger partial charge in [0.15, 0.2) is 0 Å². The van der Waals surface area contributed by atoms with Gasteiger partial charge in [0.25, 0.3) is 0 Å². The van der Waals surface area contributed by atoms with Gasteiger partial charge in [-0.15, -0.1) is 24.8 Å². The summed E-state index contributed by atoms with van der Waals surface area (Å²) in [5.41, 5.74) is 5.55. The van der Waals surface area contributed by atoms with Gasteiger partial charge in [0.2, 0.25) is 5.91 Å². The third kappa shape index (κ3) is 8.54. The molecule has 2 aliphatic heterocycles. The number of ether oxygens (including phenoxy) is 1. The molecule has 23 heavy (non-hydrogen) atoms. The maximum atomic E-state index is 11.9. The van der Waals surface area contributed by atoms with Gasteiger partial charge in [0.05, 0.1) is 6.10 Å². The minimum Gasteiger partial charge on any atom is -0.364 e. The standard InChI is InChI=1S/C16H31N3O2.2ClH/c17-13-14-7-8-15(21-14)16(20)18-9-3-1-4-10-19-11-5-2-6-12-19;;/h14-15H,1-13,17H2,(H,18,20);2*1H/t14-,15+;;/m1../s1. The van der Waals surface area contributed by atoms with Crippen molar-refractivity contribution in [3.05, 3.63) is 0 Å². The van der Waals surface area contributed by atoms with E-state index in [1.54, 1.807) is 0 Å². The van der Waals surface area contributed by atoms with Gasteiger partial charge in [-0.3, -0.25) is 4.79 Å². The average Bonchev–Trinajstić information content (AvgIpc) is 3.00. The van der Waals surface area contributed by atoms with Gasteiger partial charge in [-0.05, 0) is 58.2 Å². The Hall–Kier alpha value is -0.0700. The molecule has 7 heteroatoms. The van der Waals surface area contributed by atoms with Crippen molar-refractivity contribution in [3.63, 3.8) is 0 Å². The molecule has 0 spiro atoms. The van der Waals surface area contributed by atoms with Gasteiger partial charge in [-0.2, -0.15) is 0 Å². The van der Waals surface area contributed by atoms with E-state index >= 15 is 0 Å². The van der Waals surface area contributed by atoms with Crippen LogP contribution in [0.2, 0.25) is 0 Å². The van der Waals surface area contributed by atoms with E-state index in [-0.39, 0.29) is 42.9 Å². The quantitative estimate of drug-likeness (QED) is 0.643. The molecule has 0 aromatic carbocycles. The van der Waals surface area contributed by atoms with E-state index in [9.17, 15) is 4.79 Å². The molecular weight excluding hydrogens is 337 g/mol. The molecule has 2 saturated heterocycles. The van der Waals surface area contributed by atoms with Gasteiger partial charge in [0.1, 0.15) is 6.10 Å². The zero-order valence-corrected chi connectivity index (χ0v) is 15.6. The first-order valence-electron chi connectivity index (χ1n) is 8.65. The third-order valence-corrected chi connectivity index (χ3v) is 4.56. The normalized spacial score (nSPS) is 24.6. The molecule has 2 heterocycles. The number of piperidine rings is 1. The van der Waals surface area contributed by atoms with Crippen LogP contribution in [0.15, 0.2) is 0 Å². The number of nitrogens with two attached hydrogens (primary N) is 1. The number of carbonyl (C=O) groups is 1. The van der Waals surface area contributed by atoms with Gasteiger partial charge < -0.3 is 20.7 Å². The highest BCUT2D eigenvalue weighted by atomic mass is 35.5. The van der Waals surface area contributed by atoms with Crippen LogP contribution in [0.1, 0.15) is 51.4 Å². The second kappa shape index (κ2) is 13.2.